The number of nitrogens with one attached hydrogen (secondary N) is 1. The molecule has 2 nitrogen and oxygen atoms in total. The summed E-state index contributed by atoms with van der Waals surface area (Å²) in [5.41, 5.74) is 3.92. The Hall–Kier alpha value is -0.930. The molecular weight excluding hydrogens is 276 g/mol. The normalized spacial score (nSPS) is 26.0. The van der Waals surface area contributed by atoms with Gasteiger partial charge in [-0.25, -0.2) is 0 Å². The lowest BCUT2D eigenvalue weighted by molar-refractivity contribution is 0.309. The fraction of sp³-hybridized carbons (Fsp3) is 0.556. The third-order valence-electron chi connectivity index (χ3n) is 4.95. The molecule has 1 atom stereocenters. The SMILES string of the molecule is [2H]C([2H])([2H])N1CCC[C@@H]1Cc1c(C2CC2)[nH]c2ccc(SC)cc12. The quantitative estimate of drug-likeness (QED) is 0.844. The van der Waals surface area contributed by atoms with Gasteiger partial charge in [-0.15, -0.1) is 11.8 Å². The fourth-order valence-electron chi connectivity index (χ4n) is 3.60. The maximum atomic E-state index is 7.81. The van der Waals surface area contributed by atoms with Gasteiger partial charge in [0.25, 0.3) is 0 Å². The Kier molecular flexibility index (Phi) is 2.74. The zero-order chi connectivity index (χ0) is 16.9. The lowest BCUT2D eigenvalue weighted by Gasteiger charge is -2.20. The van der Waals surface area contributed by atoms with Gasteiger partial charge >= 0.3 is 0 Å². The zero-order valence-corrected chi connectivity index (χ0v) is 13.3. The van der Waals surface area contributed by atoms with Crippen LogP contribution in [-0.2, 0) is 6.42 Å². The molecule has 1 aliphatic carbocycles. The molecule has 0 spiro atoms. The molecule has 2 heterocycles. The van der Waals surface area contributed by atoms with Crippen LogP contribution in [0.2, 0.25) is 0 Å². The van der Waals surface area contributed by atoms with E-state index in [1.54, 1.807) is 16.7 Å². The van der Waals surface area contributed by atoms with Crippen molar-refractivity contribution in [3.63, 3.8) is 0 Å². The van der Waals surface area contributed by atoms with Crippen LogP contribution >= 0.6 is 11.8 Å². The van der Waals surface area contributed by atoms with Crippen molar-refractivity contribution in [2.24, 2.45) is 0 Å². The van der Waals surface area contributed by atoms with Gasteiger partial charge in [-0.3, -0.25) is 0 Å². The van der Waals surface area contributed by atoms with Crippen LogP contribution in [0.3, 0.4) is 0 Å². The molecule has 1 aliphatic heterocycles. The van der Waals surface area contributed by atoms with Gasteiger partial charge in [0.2, 0.25) is 0 Å². The lowest BCUT2D eigenvalue weighted by atomic mass is 9.99. The Morgan fingerprint density at radius 3 is 3.05 bits per heavy atom. The van der Waals surface area contributed by atoms with Gasteiger partial charge in [-0.1, -0.05) is 0 Å². The molecule has 0 bridgehead atoms. The van der Waals surface area contributed by atoms with Gasteiger partial charge in [-0.2, -0.15) is 0 Å². The summed E-state index contributed by atoms with van der Waals surface area (Å²) in [6.45, 7) is -1.28. The van der Waals surface area contributed by atoms with Crippen LogP contribution in [-0.4, -0.2) is 35.7 Å². The molecule has 112 valence electrons. The molecule has 4 rings (SSSR count). The van der Waals surface area contributed by atoms with Crippen molar-refractivity contribution in [1.29, 1.82) is 0 Å². The van der Waals surface area contributed by atoms with Crippen molar-refractivity contribution >= 4 is 22.7 Å². The molecular formula is C18H24N2S. The number of rotatable bonds is 4. The smallest absolute Gasteiger partial charge is 0.0459 e. The average Bonchev–Trinajstić information content (AvgIpc) is 3.16. The van der Waals surface area contributed by atoms with Crippen LogP contribution in [0.15, 0.2) is 23.1 Å². The van der Waals surface area contributed by atoms with Crippen LogP contribution in [0.5, 0.6) is 0 Å². The summed E-state index contributed by atoms with van der Waals surface area (Å²) < 4.78 is 23.4. The maximum absolute atomic E-state index is 7.81. The molecule has 3 heteroatoms. The third kappa shape index (κ3) is 2.51. The number of nitrogens with zero attached hydrogens (tertiary/aromatic N) is 1. The van der Waals surface area contributed by atoms with Crippen molar-refractivity contribution < 1.29 is 4.11 Å². The molecule has 21 heavy (non-hydrogen) atoms. The van der Waals surface area contributed by atoms with Crippen molar-refractivity contribution in [2.45, 2.75) is 49.0 Å². The molecule has 0 unspecified atom stereocenters. The molecule has 1 N–H and O–H groups in total. The van der Waals surface area contributed by atoms with Gasteiger partial charge in [0.1, 0.15) is 0 Å². The second-order valence-electron chi connectivity index (χ2n) is 6.40. The Morgan fingerprint density at radius 1 is 1.38 bits per heavy atom. The first kappa shape index (κ1) is 10.7. The maximum Gasteiger partial charge on any atom is 0.0459 e. The van der Waals surface area contributed by atoms with Gasteiger partial charge in [0.15, 0.2) is 0 Å². The van der Waals surface area contributed by atoms with Gasteiger partial charge in [0, 0.05) is 31.6 Å². The second-order valence-corrected chi connectivity index (χ2v) is 7.28. The number of likely N-dealkylation sites (N-methyl/N-ethyl adjacent to an activating group) is 1. The third-order valence-corrected chi connectivity index (χ3v) is 5.67. The minimum absolute atomic E-state index is 0.131. The van der Waals surface area contributed by atoms with Crippen LogP contribution in [0.25, 0.3) is 10.9 Å². The van der Waals surface area contributed by atoms with Crippen molar-refractivity contribution in [1.82, 2.24) is 9.88 Å². The van der Waals surface area contributed by atoms with E-state index >= 15 is 0 Å². The van der Waals surface area contributed by atoms with Gasteiger partial charge in [-0.05, 0) is 81.6 Å². The molecule has 1 aromatic carbocycles. The Bertz CT molecular complexity index is 749. The number of hydrogen-bond donors (Lipinski definition) is 1. The first-order valence-corrected chi connectivity index (χ1v) is 9.15. The van der Waals surface area contributed by atoms with Crippen LogP contribution in [0.4, 0.5) is 0 Å². The Morgan fingerprint density at radius 2 is 2.29 bits per heavy atom. The number of fused-ring (bicyclic) bond motifs is 1. The average molecular weight is 303 g/mol. The largest absolute Gasteiger partial charge is 0.358 e. The summed E-state index contributed by atoms with van der Waals surface area (Å²) in [6, 6.07) is 6.74. The second kappa shape index (κ2) is 5.36. The van der Waals surface area contributed by atoms with Crippen molar-refractivity contribution in [2.75, 3.05) is 19.8 Å². The summed E-state index contributed by atoms with van der Waals surface area (Å²) in [6.07, 6.45) is 7.42. The lowest BCUT2D eigenvalue weighted by Crippen LogP contribution is -2.27. The minimum atomic E-state index is -1.97. The van der Waals surface area contributed by atoms with Gasteiger partial charge < -0.3 is 9.88 Å². The molecule has 2 fully saturated rings. The van der Waals surface area contributed by atoms with E-state index in [0.29, 0.717) is 12.5 Å². The summed E-state index contributed by atoms with van der Waals surface area (Å²) in [4.78, 5) is 6.64. The highest BCUT2D eigenvalue weighted by Gasteiger charge is 2.31. The first-order chi connectivity index (χ1) is 11.5. The number of thioether (sulfide) groups is 1. The van der Waals surface area contributed by atoms with Crippen molar-refractivity contribution in [3.8, 4) is 0 Å². The topological polar surface area (TPSA) is 19.0 Å². The van der Waals surface area contributed by atoms with E-state index in [9.17, 15) is 0 Å². The van der Waals surface area contributed by atoms with Crippen LogP contribution in [0.1, 0.15) is 47.0 Å². The number of H-pyrrole nitrogens is 1. The number of hydrogen-bond acceptors (Lipinski definition) is 2. The zero-order valence-electron chi connectivity index (χ0n) is 15.5. The van der Waals surface area contributed by atoms with Crippen LogP contribution in [0, 0.1) is 0 Å². The summed E-state index contributed by atoms with van der Waals surface area (Å²) >= 11 is 1.76. The minimum Gasteiger partial charge on any atom is -0.358 e. The monoisotopic (exact) mass is 303 g/mol. The predicted octanol–water partition coefficient (Wildman–Crippen LogP) is 4.40. The predicted molar refractivity (Wildman–Crippen MR) is 91.4 cm³/mol. The highest BCUT2D eigenvalue weighted by atomic mass is 32.2. The molecule has 1 saturated heterocycles. The number of benzene rings is 1. The summed E-state index contributed by atoms with van der Waals surface area (Å²) in [5, 5.41) is 1.29. The van der Waals surface area contributed by atoms with E-state index in [4.69, 9.17) is 4.11 Å². The first-order valence-electron chi connectivity index (χ1n) is 9.42. The van der Waals surface area contributed by atoms with E-state index in [2.05, 4.69) is 29.4 Å². The van der Waals surface area contributed by atoms with Crippen molar-refractivity contribution in [3.05, 3.63) is 29.5 Å². The Balaban J connectivity index is 1.73. The highest BCUT2D eigenvalue weighted by Crippen LogP contribution is 2.44. The van der Waals surface area contributed by atoms with E-state index in [-0.39, 0.29) is 6.04 Å². The number of aromatic amines is 1. The molecule has 1 saturated carbocycles. The van der Waals surface area contributed by atoms with E-state index in [1.807, 2.05) is 0 Å². The molecule has 2 aliphatic rings. The molecule has 0 radical (unpaired) electrons. The van der Waals surface area contributed by atoms with E-state index < -0.39 is 6.98 Å². The molecule has 2 aromatic rings. The highest BCUT2D eigenvalue weighted by molar-refractivity contribution is 7.98. The van der Waals surface area contributed by atoms with E-state index in [0.717, 1.165) is 19.3 Å². The molecule has 1 aromatic heterocycles. The van der Waals surface area contributed by atoms with E-state index in [1.165, 1.54) is 39.9 Å². The summed E-state index contributed by atoms with van der Waals surface area (Å²) in [5.74, 6) is 0.646. The molecule has 0 amide bonds. The fourth-order valence-corrected chi connectivity index (χ4v) is 4.04. The van der Waals surface area contributed by atoms with Crippen LogP contribution < -0.4 is 0 Å². The number of likely N-dealkylation sites (tertiary alicyclic amines) is 1. The van der Waals surface area contributed by atoms with Gasteiger partial charge in [0.05, 0.1) is 0 Å². The number of aromatic nitrogens is 1. The Labute approximate surface area is 135 Å². The summed E-state index contributed by atoms with van der Waals surface area (Å²) in [7, 11) is 0. The standard InChI is InChI=1S/C18H24N2S/c1-20-9-3-4-13(20)10-16-15-11-14(21-2)7-8-17(15)19-18(16)12-5-6-12/h7-8,11-13,19H,3-6,9-10H2,1-2H3/t13-/m1/s1/i1D3.